The fraction of sp³-hybridized carbons (Fsp3) is 0.400. The highest BCUT2D eigenvalue weighted by Crippen LogP contribution is 2.20. The van der Waals surface area contributed by atoms with Crippen LogP contribution < -0.4 is 5.69 Å². The summed E-state index contributed by atoms with van der Waals surface area (Å²) in [7, 11) is -3.49. The van der Waals surface area contributed by atoms with Gasteiger partial charge in [0, 0.05) is 19.3 Å². The van der Waals surface area contributed by atoms with E-state index in [1.54, 1.807) is 0 Å². The van der Waals surface area contributed by atoms with Crippen LogP contribution in [0, 0.1) is 0 Å². The lowest BCUT2D eigenvalue weighted by Gasteiger charge is -2.15. The molecular weight excluding hydrogens is 256 g/mol. The molecule has 18 heavy (non-hydrogen) atoms. The number of hydrogen-bond donors (Lipinski definition) is 1. The first-order valence-electron chi connectivity index (χ1n) is 5.66. The Kier molecular flexibility index (Phi) is 2.49. The van der Waals surface area contributed by atoms with E-state index in [-0.39, 0.29) is 4.90 Å². The van der Waals surface area contributed by atoms with Crippen LogP contribution >= 0.6 is 0 Å². The van der Waals surface area contributed by atoms with E-state index >= 15 is 0 Å². The van der Waals surface area contributed by atoms with Crippen molar-refractivity contribution in [2.45, 2.75) is 17.7 Å². The van der Waals surface area contributed by atoms with Gasteiger partial charge in [0.2, 0.25) is 10.0 Å². The molecule has 0 saturated carbocycles. The maximum absolute atomic E-state index is 12.3. The van der Waals surface area contributed by atoms with E-state index in [1.807, 2.05) is 0 Å². The molecule has 0 spiro atoms. The van der Waals surface area contributed by atoms with Crippen molar-refractivity contribution < 1.29 is 8.42 Å². The highest BCUT2D eigenvalue weighted by atomic mass is 32.2. The van der Waals surface area contributed by atoms with Gasteiger partial charge in [0.15, 0.2) is 5.65 Å². The minimum absolute atomic E-state index is 0.125. The molecule has 0 aliphatic carbocycles. The van der Waals surface area contributed by atoms with E-state index in [0.717, 1.165) is 12.8 Å². The summed E-state index contributed by atoms with van der Waals surface area (Å²) in [5, 5.41) is 6.03. The van der Waals surface area contributed by atoms with Gasteiger partial charge in [-0.05, 0) is 25.0 Å². The molecule has 3 rings (SSSR count). The van der Waals surface area contributed by atoms with Crippen molar-refractivity contribution in [3.05, 3.63) is 28.8 Å². The van der Waals surface area contributed by atoms with Crippen molar-refractivity contribution in [1.29, 1.82) is 0 Å². The highest BCUT2D eigenvalue weighted by molar-refractivity contribution is 7.89. The molecule has 8 heteroatoms. The Balaban J connectivity index is 2.13. The first-order chi connectivity index (χ1) is 8.59. The molecule has 7 nitrogen and oxygen atoms in total. The minimum Gasteiger partial charge on any atom is -0.249 e. The number of nitrogens with one attached hydrogen (secondary N) is 1. The first-order valence-corrected chi connectivity index (χ1v) is 7.10. The van der Waals surface area contributed by atoms with Crippen molar-refractivity contribution in [3.8, 4) is 0 Å². The van der Waals surface area contributed by atoms with Gasteiger partial charge in [-0.1, -0.05) is 0 Å². The molecule has 1 saturated heterocycles. The summed E-state index contributed by atoms with van der Waals surface area (Å²) < 4.78 is 27.2. The number of pyridine rings is 1. The average molecular weight is 268 g/mol. The van der Waals surface area contributed by atoms with Crippen LogP contribution in [-0.4, -0.2) is 40.4 Å². The van der Waals surface area contributed by atoms with Crippen molar-refractivity contribution in [2.24, 2.45) is 0 Å². The molecule has 0 bridgehead atoms. The van der Waals surface area contributed by atoms with Gasteiger partial charge in [-0.15, -0.1) is 0 Å². The number of hydrogen-bond acceptors (Lipinski definition) is 4. The van der Waals surface area contributed by atoms with Crippen LogP contribution in [0.2, 0.25) is 0 Å². The number of aromatic amines is 1. The summed E-state index contributed by atoms with van der Waals surface area (Å²) in [4.78, 5) is 11.5. The van der Waals surface area contributed by atoms with Crippen LogP contribution in [0.25, 0.3) is 5.65 Å². The van der Waals surface area contributed by atoms with E-state index in [1.165, 1.54) is 27.0 Å². The monoisotopic (exact) mass is 268 g/mol. The molecular formula is C10H12N4O3S. The van der Waals surface area contributed by atoms with E-state index < -0.39 is 15.7 Å². The lowest BCUT2D eigenvalue weighted by Crippen LogP contribution is -2.28. The molecule has 1 fully saturated rings. The zero-order valence-corrected chi connectivity index (χ0v) is 10.4. The van der Waals surface area contributed by atoms with Gasteiger partial charge >= 0.3 is 5.69 Å². The largest absolute Gasteiger partial charge is 0.347 e. The second-order valence-corrected chi connectivity index (χ2v) is 6.17. The summed E-state index contributed by atoms with van der Waals surface area (Å²) in [6.45, 7) is 1.08. The highest BCUT2D eigenvalue weighted by Gasteiger charge is 2.27. The van der Waals surface area contributed by atoms with Crippen LogP contribution in [0.4, 0.5) is 0 Å². The third-order valence-electron chi connectivity index (χ3n) is 3.09. The number of rotatable bonds is 2. The topological polar surface area (TPSA) is 87.5 Å². The fourth-order valence-electron chi connectivity index (χ4n) is 2.12. The summed E-state index contributed by atoms with van der Waals surface area (Å²) in [5.74, 6) is 0. The lowest BCUT2D eigenvalue weighted by molar-refractivity contribution is 0.477. The van der Waals surface area contributed by atoms with Crippen molar-refractivity contribution in [1.82, 2.24) is 18.9 Å². The van der Waals surface area contributed by atoms with Gasteiger partial charge in [-0.25, -0.2) is 22.7 Å². The number of fused-ring (bicyclic) bond motifs is 1. The molecule has 1 aliphatic rings. The molecule has 0 radical (unpaired) electrons. The quantitative estimate of drug-likeness (QED) is 0.817. The Morgan fingerprint density at radius 2 is 1.94 bits per heavy atom. The fourth-order valence-corrected chi connectivity index (χ4v) is 3.63. The number of nitrogens with zero attached hydrogens (tertiary/aromatic N) is 3. The first kappa shape index (κ1) is 11.4. The predicted octanol–water partition coefficient (Wildman–Crippen LogP) is -0.193. The SMILES string of the molecule is O=c1[nH]nc2ccc(S(=O)(=O)N3CCCC3)cn12. The van der Waals surface area contributed by atoms with Crippen LogP contribution in [0.3, 0.4) is 0 Å². The molecule has 0 aromatic carbocycles. The summed E-state index contributed by atoms with van der Waals surface area (Å²) in [6.07, 6.45) is 3.08. The average Bonchev–Trinajstić information content (AvgIpc) is 2.99. The predicted molar refractivity (Wildman–Crippen MR) is 63.8 cm³/mol. The lowest BCUT2D eigenvalue weighted by atomic mass is 10.4. The van der Waals surface area contributed by atoms with Crippen LogP contribution in [0.5, 0.6) is 0 Å². The van der Waals surface area contributed by atoms with E-state index in [2.05, 4.69) is 10.2 Å². The molecule has 1 aliphatic heterocycles. The van der Waals surface area contributed by atoms with Gasteiger partial charge in [-0.2, -0.15) is 9.40 Å². The zero-order valence-electron chi connectivity index (χ0n) is 9.54. The van der Waals surface area contributed by atoms with E-state index in [0.29, 0.717) is 18.7 Å². The van der Waals surface area contributed by atoms with Crippen molar-refractivity contribution in [2.75, 3.05) is 13.1 Å². The molecule has 2 aromatic heterocycles. The van der Waals surface area contributed by atoms with Gasteiger partial charge < -0.3 is 0 Å². The summed E-state index contributed by atoms with van der Waals surface area (Å²) in [5.41, 5.74) is -0.0381. The van der Waals surface area contributed by atoms with Crippen molar-refractivity contribution >= 4 is 15.7 Å². The Hall–Kier alpha value is -1.67. The molecule has 2 aromatic rings. The third kappa shape index (κ3) is 1.65. The van der Waals surface area contributed by atoms with Crippen LogP contribution in [-0.2, 0) is 10.0 Å². The number of H-pyrrole nitrogens is 1. The second kappa shape index (κ2) is 3.92. The Morgan fingerprint density at radius 3 is 2.67 bits per heavy atom. The van der Waals surface area contributed by atoms with Crippen molar-refractivity contribution in [3.63, 3.8) is 0 Å². The Morgan fingerprint density at radius 1 is 1.22 bits per heavy atom. The van der Waals surface area contributed by atoms with Gasteiger partial charge in [0.25, 0.3) is 0 Å². The molecule has 96 valence electrons. The van der Waals surface area contributed by atoms with Crippen LogP contribution in [0.1, 0.15) is 12.8 Å². The van der Waals surface area contributed by atoms with Gasteiger partial charge in [-0.3, -0.25) is 0 Å². The maximum Gasteiger partial charge on any atom is 0.347 e. The molecule has 0 atom stereocenters. The normalized spacial score (nSPS) is 17.6. The van der Waals surface area contributed by atoms with E-state index in [9.17, 15) is 13.2 Å². The molecule has 0 unspecified atom stereocenters. The molecule has 0 amide bonds. The summed E-state index contributed by atoms with van der Waals surface area (Å²) >= 11 is 0. The smallest absolute Gasteiger partial charge is 0.249 e. The summed E-state index contributed by atoms with van der Waals surface area (Å²) in [6, 6.07) is 2.99. The number of aromatic nitrogens is 3. The second-order valence-electron chi connectivity index (χ2n) is 4.23. The molecule has 1 N–H and O–H groups in total. The molecule has 3 heterocycles. The minimum atomic E-state index is -3.49. The Labute approximate surface area is 103 Å². The number of sulfonamides is 1. The third-order valence-corrected chi connectivity index (χ3v) is 4.97. The Bertz CT molecular complexity index is 740. The standard InChI is InChI=1S/C10H12N4O3S/c15-10-12-11-9-4-3-8(7-14(9)10)18(16,17)13-5-1-2-6-13/h3-4,7H,1-2,5-6H2,(H,12,15). The van der Waals surface area contributed by atoms with E-state index in [4.69, 9.17) is 0 Å². The van der Waals surface area contributed by atoms with Gasteiger partial charge in [0.05, 0.1) is 4.90 Å². The van der Waals surface area contributed by atoms with Crippen LogP contribution in [0.15, 0.2) is 28.0 Å². The van der Waals surface area contributed by atoms with Gasteiger partial charge in [0.1, 0.15) is 0 Å². The zero-order chi connectivity index (χ0) is 12.8. The maximum atomic E-state index is 12.3.